The van der Waals surface area contributed by atoms with Gasteiger partial charge in [0.25, 0.3) is 0 Å². The van der Waals surface area contributed by atoms with Crippen molar-refractivity contribution in [2.45, 2.75) is 6.54 Å². The van der Waals surface area contributed by atoms with Crippen LogP contribution in [0.1, 0.15) is 5.56 Å². The Hall–Kier alpha value is -2.39. The molecule has 0 amide bonds. The summed E-state index contributed by atoms with van der Waals surface area (Å²) in [6.45, 7) is 0.368. The van der Waals surface area contributed by atoms with Crippen LogP contribution in [0.25, 0.3) is 5.65 Å². The van der Waals surface area contributed by atoms with Gasteiger partial charge in [-0.25, -0.2) is 17.9 Å². The zero-order valence-corrected chi connectivity index (χ0v) is 14.6. The quantitative estimate of drug-likeness (QED) is 0.740. The molecule has 1 N–H and O–H groups in total. The molecule has 0 aliphatic heterocycles. The first-order chi connectivity index (χ1) is 11.4. The van der Waals surface area contributed by atoms with Crippen LogP contribution in [0.2, 0.25) is 5.28 Å². The highest BCUT2D eigenvalue weighted by molar-refractivity contribution is 7.92. The molecule has 3 aromatic heterocycles. The molecular formula is C14H15ClN6O2S. The Bertz CT molecular complexity index is 988. The first kappa shape index (κ1) is 16.5. The van der Waals surface area contributed by atoms with Crippen molar-refractivity contribution in [3.05, 3.63) is 47.5 Å². The SMILES string of the molecule is CN(c1ncccc1CNc1cccn2nc(Cl)nc12)S(C)(=O)=O. The van der Waals surface area contributed by atoms with Crippen LogP contribution in [0.3, 0.4) is 0 Å². The van der Waals surface area contributed by atoms with E-state index in [0.29, 0.717) is 18.0 Å². The largest absolute Gasteiger partial charge is 0.378 e. The highest BCUT2D eigenvalue weighted by Gasteiger charge is 2.17. The Balaban J connectivity index is 1.90. The van der Waals surface area contributed by atoms with E-state index in [9.17, 15) is 8.42 Å². The van der Waals surface area contributed by atoms with Gasteiger partial charge in [-0.3, -0.25) is 4.31 Å². The van der Waals surface area contributed by atoms with Gasteiger partial charge in [-0.1, -0.05) is 6.07 Å². The van der Waals surface area contributed by atoms with Gasteiger partial charge in [0.2, 0.25) is 15.3 Å². The van der Waals surface area contributed by atoms with Crippen LogP contribution in [0.15, 0.2) is 36.7 Å². The van der Waals surface area contributed by atoms with Gasteiger partial charge in [-0.15, -0.1) is 5.10 Å². The molecule has 0 spiro atoms. The summed E-state index contributed by atoms with van der Waals surface area (Å²) in [6, 6.07) is 7.23. The number of pyridine rings is 2. The topological polar surface area (TPSA) is 92.5 Å². The maximum atomic E-state index is 11.8. The summed E-state index contributed by atoms with van der Waals surface area (Å²) in [4.78, 5) is 8.33. The van der Waals surface area contributed by atoms with Gasteiger partial charge in [0, 0.05) is 31.5 Å². The molecule has 0 saturated heterocycles. The number of aromatic nitrogens is 4. The van der Waals surface area contributed by atoms with Crippen molar-refractivity contribution in [3.8, 4) is 0 Å². The molecule has 3 heterocycles. The first-order valence-electron chi connectivity index (χ1n) is 6.99. The second kappa shape index (κ2) is 6.25. The molecule has 8 nitrogen and oxygen atoms in total. The molecule has 0 aliphatic carbocycles. The number of nitrogens with zero attached hydrogens (tertiary/aromatic N) is 5. The summed E-state index contributed by atoms with van der Waals surface area (Å²) in [6.07, 6.45) is 4.43. The Morgan fingerprint density at radius 1 is 1.33 bits per heavy atom. The molecule has 0 bridgehead atoms. The average Bonchev–Trinajstić information content (AvgIpc) is 2.92. The lowest BCUT2D eigenvalue weighted by Crippen LogP contribution is -2.27. The minimum absolute atomic E-state index is 0.156. The maximum absolute atomic E-state index is 11.8. The summed E-state index contributed by atoms with van der Waals surface area (Å²) in [7, 11) is -1.92. The number of nitrogens with one attached hydrogen (secondary N) is 1. The minimum Gasteiger partial charge on any atom is -0.378 e. The van der Waals surface area contributed by atoms with E-state index in [-0.39, 0.29) is 5.28 Å². The van der Waals surface area contributed by atoms with Crippen molar-refractivity contribution in [1.82, 2.24) is 19.6 Å². The van der Waals surface area contributed by atoms with Crippen molar-refractivity contribution < 1.29 is 8.42 Å². The van der Waals surface area contributed by atoms with Gasteiger partial charge >= 0.3 is 0 Å². The van der Waals surface area contributed by atoms with Gasteiger partial charge in [0.15, 0.2) is 5.65 Å². The molecular weight excluding hydrogens is 352 g/mol. The van der Waals surface area contributed by atoms with Crippen molar-refractivity contribution in [1.29, 1.82) is 0 Å². The number of anilines is 2. The fourth-order valence-electron chi connectivity index (χ4n) is 2.22. The predicted octanol–water partition coefficient (Wildman–Crippen LogP) is 1.79. The van der Waals surface area contributed by atoms with Crippen molar-refractivity contribution in [2.24, 2.45) is 0 Å². The summed E-state index contributed by atoms with van der Waals surface area (Å²) in [5, 5.41) is 7.41. The standard InChI is InChI=1S/C14H15ClN6O2S/c1-20(24(2,22)23)12-10(5-3-7-16-12)9-17-11-6-4-8-21-13(11)18-14(15)19-21/h3-8,17H,9H2,1-2H3. The van der Waals surface area contributed by atoms with Crippen LogP contribution in [0, 0.1) is 0 Å². The van der Waals surface area contributed by atoms with Crippen LogP contribution >= 0.6 is 11.6 Å². The molecule has 0 atom stereocenters. The van der Waals surface area contributed by atoms with Crippen molar-refractivity contribution in [2.75, 3.05) is 22.9 Å². The number of rotatable bonds is 5. The van der Waals surface area contributed by atoms with E-state index in [1.54, 1.807) is 23.0 Å². The second-order valence-corrected chi connectivity index (χ2v) is 7.49. The molecule has 0 aliphatic rings. The Morgan fingerprint density at radius 3 is 2.88 bits per heavy atom. The van der Waals surface area contributed by atoms with Crippen LogP contribution in [0.5, 0.6) is 0 Å². The van der Waals surface area contributed by atoms with Gasteiger partial charge < -0.3 is 5.32 Å². The molecule has 126 valence electrons. The highest BCUT2D eigenvalue weighted by atomic mass is 35.5. The van der Waals surface area contributed by atoms with Crippen molar-refractivity contribution >= 4 is 38.8 Å². The highest BCUT2D eigenvalue weighted by Crippen LogP contribution is 2.21. The lowest BCUT2D eigenvalue weighted by molar-refractivity contribution is 0.599. The number of sulfonamides is 1. The van der Waals surface area contributed by atoms with E-state index in [1.807, 2.05) is 18.2 Å². The molecule has 0 unspecified atom stereocenters. The molecule has 0 aromatic carbocycles. The molecule has 3 aromatic rings. The van der Waals surface area contributed by atoms with Crippen LogP contribution in [0.4, 0.5) is 11.5 Å². The molecule has 0 saturated carbocycles. The summed E-state index contributed by atoms with van der Waals surface area (Å²) < 4.78 is 26.2. The van der Waals surface area contributed by atoms with E-state index in [1.165, 1.54) is 7.05 Å². The fraction of sp³-hybridized carbons (Fsp3) is 0.214. The van der Waals surface area contributed by atoms with E-state index in [2.05, 4.69) is 20.4 Å². The zero-order chi connectivity index (χ0) is 17.3. The average molecular weight is 367 g/mol. The molecule has 10 heteroatoms. The Kier molecular flexibility index (Phi) is 4.29. The first-order valence-corrected chi connectivity index (χ1v) is 9.21. The maximum Gasteiger partial charge on any atom is 0.243 e. The number of hydrogen-bond donors (Lipinski definition) is 1. The second-order valence-electron chi connectivity index (χ2n) is 5.14. The molecule has 0 fully saturated rings. The monoisotopic (exact) mass is 366 g/mol. The third kappa shape index (κ3) is 3.26. The van der Waals surface area contributed by atoms with E-state index in [0.717, 1.165) is 21.8 Å². The summed E-state index contributed by atoms with van der Waals surface area (Å²) in [5.41, 5.74) is 2.05. The number of halogens is 1. The Labute approximate surface area is 144 Å². The van der Waals surface area contributed by atoms with E-state index in [4.69, 9.17) is 11.6 Å². The van der Waals surface area contributed by atoms with Gasteiger partial charge in [-0.2, -0.15) is 4.98 Å². The number of hydrogen-bond acceptors (Lipinski definition) is 6. The lowest BCUT2D eigenvalue weighted by Gasteiger charge is -2.19. The van der Waals surface area contributed by atoms with Crippen molar-refractivity contribution in [3.63, 3.8) is 0 Å². The summed E-state index contributed by atoms with van der Waals surface area (Å²) >= 11 is 5.84. The third-order valence-electron chi connectivity index (χ3n) is 3.47. The van der Waals surface area contributed by atoms with Gasteiger partial charge in [0.1, 0.15) is 5.82 Å². The molecule has 3 rings (SSSR count). The Morgan fingerprint density at radius 2 is 2.12 bits per heavy atom. The van der Waals surface area contributed by atoms with Gasteiger partial charge in [-0.05, 0) is 29.8 Å². The summed E-state index contributed by atoms with van der Waals surface area (Å²) in [5.74, 6) is 0.374. The van der Waals surface area contributed by atoms with Gasteiger partial charge in [0.05, 0.1) is 11.9 Å². The predicted molar refractivity (Wildman–Crippen MR) is 92.8 cm³/mol. The molecule has 0 radical (unpaired) electrons. The zero-order valence-electron chi connectivity index (χ0n) is 13.0. The number of fused-ring (bicyclic) bond motifs is 1. The van der Waals surface area contributed by atoms with Crippen LogP contribution < -0.4 is 9.62 Å². The minimum atomic E-state index is -3.39. The normalized spacial score (nSPS) is 11.6. The van der Waals surface area contributed by atoms with E-state index >= 15 is 0 Å². The van der Waals surface area contributed by atoms with Crippen LogP contribution in [-0.2, 0) is 16.6 Å². The lowest BCUT2D eigenvalue weighted by atomic mass is 10.2. The van der Waals surface area contributed by atoms with Crippen LogP contribution in [-0.4, -0.2) is 41.3 Å². The fourth-order valence-corrected chi connectivity index (χ4v) is 2.86. The molecule has 24 heavy (non-hydrogen) atoms. The van der Waals surface area contributed by atoms with E-state index < -0.39 is 10.0 Å². The third-order valence-corrected chi connectivity index (χ3v) is 4.80. The smallest absolute Gasteiger partial charge is 0.243 e.